The zero-order chi connectivity index (χ0) is 86.9. The Kier molecular flexibility index (Phi) is 30.1. The molecule has 0 radical (unpaired) electrons. The second kappa shape index (κ2) is 38.1. The van der Waals surface area contributed by atoms with E-state index in [1.807, 2.05) is 0 Å². The fraction of sp³-hybridized carbons (Fsp3) is 0.516. The van der Waals surface area contributed by atoms with Crippen LogP contribution >= 0.6 is 34.8 Å². The lowest BCUT2D eigenvalue weighted by Gasteiger charge is -2.27. The summed E-state index contributed by atoms with van der Waals surface area (Å²) in [6, 6.07) is 6.47. The maximum atomic E-state index is 14.4. The maximum Gasteiger partial charge on any atom is 0.351 e. The first-order valence-corrected chi connectivity index (χ1v) is 35.1. The van der Waals surface area contributed by atoms with Crippen LogP contribution in [0.15, 0.2) is 111 Å². The highest BCUT2D eigenvalue weighted by Crippen LogP contribution is 2.47. The maximum absolute atomic E-state index is 14.4. The molecule has 48 nitrogen and oxygen atoms in total. The minimum atomic E-state index is -3.71. The first kappa shape index (κ1) is 92.5. The molecule has 0 bridgehead atoms. The molecule has 0 spiro atoms. The summed E-state index contributed by atoms with van der Waals surface area (Å²) in [7, 11) is 0. The van der Waals surface area contributed by atoms with Crippen molar-refractivity contribution in [3.63, 3.8) is 0 Å². The van der Waals surface area contributed by atoms with Crippen LogP contribution in [0.4, 0.5) is 58.3 Å². The van der Waals surface area contributed by atoms with Gasteiger partial charge in [0.05, 0.1) is 64.9 Å². The Labute approximate surface area is 667 Å². The molecule has 0 unspecified atom stereocenters. The van der Waals surface area contributed by atoms with Crippen LogP contribution in [0.2, 0.25) is 0 Å². The zero-order valence-corrected chi connectivity index (χ0v) is 63.4. The van der Waals surface area contributed by atoms with Crippen molar-refractivity contribution >= 4 is 97.9 Å². The van der Waals surface area contributed by atoms with Crippen LogP contribution < -0.4 is 68.6 Å². The van der Waals surface area contributed by atoms with Gasteiger partial charge in [0.25, 0.3) is 5.13 Å². The molecule has 9 aromatic rings. The number of fused-ring (bicyclic) bond motifs is 2. The summed E-state index contributed by atoms with van der Waals surface area (Å²) in [5, 5.41) is 118. The molecule has 642 valence electrons. The van der Waals surface area contributed by atoms with E-state index in [1.54, 1.807) is 28.7 Å². The number of anilines is 7. The third-order valence-corrected chi connectivity index (χ3v) is 18.9. The second-order valence-electron chi connectivity index (χ2n) is 26.2. The van der Waals surface area contributed by atoms with Crippen molar-refractivity contribution in [1.82, 2.24) is 86.8 Å². The van der Waals surface area contributed by atoms with Gasteiger partial charge in [0.15, 0.2) is 63.9 Å². The summed E-state index contributed by atoms with van der Waals surface area (Å²) in [4.78, 5) is 98.8. The third kappa shape index (κ3) is 20.2. The van der Waals surface area contributed by atoms with Gasteiger partial charge in [-0.25, -0.2) is 62.7 Å². The fourth-order valence-electron chi connectivity index (χ4n) is 11.6. The monoisotopic (exact) mass is 1730 g/mol. The molecule has 5 aliphatic rings. The van der Waals surface area contributed by atoms with E-state index in [0.717, 1.165) is 43.7 Å². The van der Waals surface area contributed by atoms with Gasteiger partial charge < -0.3 is 139 Å². The third-order valence-electron chi connectivity index (χ3n) is 17.7. The summed E-state index contributed by atoms with van der Waals surface area (Å²) in [5.41, 5.74) is 32.2. The molecule has 19 atom stereocenters. The van der Waals surface area contributed by atoms with Crippen LogP contribution in [0.3, 0.4) is 0 Å². The van der Waals surface area contributed by atoms with E-state index < -0.39 is 186 Å². The predicted molar refractivity (Wildman–Crippen MR) is 397 cm³/mol. The average molecular weight is 1730 g/mol. The zero-order valence-electron chi connectivity index (χ0n) is 61.1. The number of rotatable bonds is 14. The molecule has 9 aromatic heterocycles. The van der Waals surface area contributed by atoms with Crippen LogP contribution in [0.1, 0.15) is 51.9 Å². The van der Waals surface area contributed by atoms with Gasteiger partial charge in [-0.1, -0.05) is 34.8 Å². The molecule has 27 N–H and O–H groups in total. The number of halogens is 7. The Bertz CT molecular complexity index is 4640. The fourth-order valence-corrected chi connectivity index (χ4v) is 12.5. The number of aliphatic hydroxyl groups is 13. The normalized spacial score (nSPS) is 28.8. The number of aromatic nitrogens is 18. The van der Waals surface area contributed by atoms with E-state index in [2.05, 4.69) is 54.8 Å². The molecule has 5 fully saturated rings. The standard InChI is InChI=1S/C10H14FN3O4.C10H15N3O5.C9H11Cl2N3O4.C9H11ClFN3O4.C9H11F2N3O4.C8H11N5O.C7H9N5O/c1-10(11)7(16)5(4-15)18-8(10)14-3-2-6(12)13-9(14)17;1-10(17)7(15)5(4-14)18-8(10)13-3-2-6(11)12-9(13)16;3*10-9(11)6(16)4(3-15)18-7(9)14-2-1-5(12)13-8(14)17;1-5(14)2-13-4-12-6-7(9)10-3-11-8(6)13;8-6-5-7(10-3-9-6)12(1-2-13)4-11-5/h2-3,5,7-8,15-16H,4H2,1H3,(H2,12,13,17);2-3,5,7-8,14-15,17H,4H2,1H3,(H2,11,12,16);3*1-2,4,6-7,15-16H,3H2,(H2,12,13,17);3-5,14H,2H2,1H3,(H2,9,10,11);3-4,13H,1-2H2,(H2,8,9,10)/t2*5-,7-,8-,10-;4-,6-,7-;4-,6-,7-,9-;4-,6-,7-;5-;/m111111./s1. The molecular weight excluding hydrogens is 1650 g/mol. The predicted octanol–water partition coefficient (Wildman–Crippen LogP) is -7.24. The Morgan fingerprint density at radius 3 is 1.14 bits per heavy atom. The van der Waals surface area contributed by atoms with Crippen LogP contribution in [0.5, 0.6) is 0 Å². The molecular formula is C62H82Cl3F4N25O23. The van der Waals surface area contributed by atoms with Crippen molar-refractivity contribution in [2.24, 2.45) is 0 Å². The van der Waals surface area contributed by atoms with E-state index in [9.17, 15) is 77.3 Å². The topological polar surface area (TPSA) is 753 Å². The molecule has 14 heterocycles. The van der Waals surface area contributed by atoms with Gasteiger partial charge in [-0.2, -0.15) is 33.7 Å². The Morgan fingerprint density at radius 1 is 0.444 bits per heavy atom. The molecule has 5 saturated heterocycles. The molecule has 55 heteroatoms. The minimum Gasteiger partial charge on any atom is -0.395 e. The number of ether oxygens (including phenoxy) is 5. The highest BCUT2D eigenvalue weighted by atomic mass is 35.5. The lowest BCUT2D eigenvalue weighted by atomic mass is 9.96. The van der Waals surface area contributed by atoms with Gasteiger partial charge in [0.1, 0.15) is 113 Å². The number of hydrogen-bond acceptors (Lipinski definition) is 41. The van der Waals surface area contributed by atoms with Gasteiger partial charge in [-0.05, 0) is 51.1 Å². The number of imidazole rings is 2. The molecule has 5 aliphatic heterocycles. The van der Waals surface area contributed by atoms with Gasteiger partial charge in [0, 0.05) is 37.5 Å². The van der Waals surface area contributed by atoms with Crippen molar-refractivity contribution in [2.75, 3.05) is 79.8 Å². The number of nitrogens with zero attached hydrogens (tertiary/aromatic N) is 18. The largest absolute Gasteiger partial charge is 0.395 e. The number of alkyl halides is 7. The van der Waals surface area contributed by atoms with Gasteiger partial charge in [-0.15, -0.1) is 0 Å². The lowest BCUT2D eigenvalue weighted by molar-refractivity contribution is -0.140. The van der Waals surface area contributed by atoms with Crippen molar-refractivity contribution < 1.29 is 108 Å². The Balaban J connectivity index is 0.000000171. The first-order chi connectivity index (χ1) is 54.9. The van der Waals surface area contributed by atoms with Crippen LogP contribution in [-0.4, -0.2) is 287 Å². The van der Waals surface area contributed by atoms with Gasteiger partial charge >= 0.3 is 34.4 Å². The van der Waals surface area contributed by atoms with E-state index in [0.29, 0.717) is 51.6 Å². The number of nitrogens with two attached hydrogens (primary N) is 7. The highest BCUT2D eigenvalue weighted by Gasteiger charge is 2.61. The Hall–Kier alpha value is -10.0. The molecule has 0 saturated carbocycles. The van der Waals surface area contributed by atoms with E-state index >= 15 is 0 Å². The number of aliphatic hydroxyl groups excluding tert-OH is 12. The van der Waals surface area contributed by atoms with Crippen molar-refractivity contribution in [1.29, 1.82) is 0 Å². The molecule has 0 amide bonds. The van der Waals surface area contributed by atoms with Crippen molar-refractivity contribution in [3.8, 4) is 0 Å². The molecule has 0 aromatic carbocycles. The smallest absolute Gasteiger partial charge is 0.351 e. The molecule has 117 heavy (non-hydrogen) atoms. The summed E-state index contributed by atoms with van der Waals surface area (Å²) in [5.74, 6) is -3.04. The first-order valence-electron chi connectivity index (χ1n) is 34.0. The van der Waals surface area contributed by atoms with E-state index in [4.69, 9.17) is 129 Å². The minimum absolute atomic E-state index is 0.00839. The molecule has 0 aliphatic carbocycles. The second-order valence-corrected chi connectivity index (χ2v) is 28.2. The van der Waals surface area contributed by atoms with E-state index in [1.165, 1.54) is 62.4 Å². The lowest BCUT2D eigenvalue weighted by Crippen LogP contribution is -2.46. The number of hydrogen-bond donors (Lipinski definition) is 20. The van der Waals surface area contributed by atoms with Crippen molar-refractivity contribution in [3.05, 3.63) is 139 Å². The average Bonchev–Trinajstić information content (AvgIpc) is 1.64. The van der Waals surface area contributed by atoms with Crippen LogP contribution in [0.25, 0.3) is 22.3 Å². The van der Waals surface area contributed by atoms with Gasteiger partial charge in [-0.3, -0.25) is 22.8 Å². The summed E-state index contributed by atoms with van der Waals surface area (Å²) in [6.45, 7) is 2.18. The SMILES string of the molecule is C[C@@H](O)Cn1cnc2c(N)ncnc21.C[C@@]1(F)[C@H](O)[C@@H](CO)O[C@H]1n1ccc(N)nc1=O.C[C@@]1(O)[C@H](O)[C@@H](CO)O[C@H]1n1ccc(N)nc1=O.Nc1ccn([C@@H]2O[C@H](CO)[C@@H](O)C2(Cl)Cl)c(=O)n1.Nc1ccn([C@@H]2O[C@H](CO)[C@@H](O)C2(F)F)c(=O)n1.Nc1ccn([C@@H]2O[C@H](CO)[C@@H](O)[C@]2(F)Cl)c(=O)n1.Nc1ncnc2c1ncn2CCO. The van der Waals surface area contributed by atoms with Crippen LogP contribution in [-0.2, 0) is 36.8 Å². The summed E-state index contributed by atoms with van der Waals surface area (Å²) >= 11 is 17.5. The summed E-state index contributed by atoms with van der Waals surface area (Å²) < 4.78 is 87.3. The van der Waals surface area contributed by atoms with Crippen molar-refractivity contribution in [2.45, 2.75) is 159 Å². The summed E-state index contributed by atoms with van der Waals surface area (Å²) in [6.07, 6.45) is -9.59. The molecule has 14 rings (SSSR count). The Morgan fingerprint density at radius 2 is 0.769 bits per heavy atom. The quantitative estimate of drug-likeness (QED) is 0.0355. The number of nitrogen functional groups attached to an aromatic ring is 7. The van der Waals surface area contributed by atoms with Gasteiger partial charge in [0.2, 0.25) is 6.23 Å². The van der Waals surface area contributed by atoms with Crippen LogP contribution in [0, 0.1) is 0 Å². The van der Waals surface area contributed by atoms with E-state index in [-0.39, 0.29) is 35.7 Å². The highest BCUT2D eigenvalue weighted by molar-refractivity contribution is 6.49.